The van der Waals surface area contributed by atoms with Gasteiger partial charge in [0.1, 0.15) is 0 Å². The molecule has 1 fully saturated rings. The van der Waals surface area contributed by atoms with Crippen LogP contribution in [0.15, 0.2) is 54.9 Å². The monoisotopic (exact) mass is 388 g/mol. The van der Waals surface area contributed by atoms with Gasteiger partial charge in [-0.1, -0.05) is 18.2 Å². The molecule has 29 heavy (non-hydrogen) atoms. The van der Waals surface area contributed by atoms with Crippen LogP contribution in [-0.4, -0.2) is 38.8 Å². The Kier molecular flexibility index (Phi) is 5.48. The van der Waals surface area contributed by atoms with Gasteiger partial charge in [-0.25, -0.2) is 9.97 Å². The number of anilines is 1. The molecule has 1 amide bonds. The van der Waals surface area contributed by atoms with Crippen molar-refractivity contribution in [3.05, 3.63) is 71.8 Å². The van der Waals surface area contributed by atoms with Crippen molar-refractivity contribution < 1.29 is 4.79 Å². The summed E-state index contributed by atoms with van der Waals surface area (Å²) in [5, 5.41) is 0. The Labute approximate surface area is 169 Å². The first-order valence-corrected chi connectivity index (χ1v) is 9.75. The van der Waals surface area contributed by atoms with Crippen molar-refractivity contribution in [2.45, 2.75) is 25.3 Å². The summed E-state index contributed by atoms with van der Waals surface area (Å²) in [6, 6.07) is 13.2. The van der Waals surface area contributed by atoms with Gasteiger partial charge in [-0.2, -0.15) is 0 Å². The second-order valence-corrected chi connectivity index (χ2v) is 7.36. The van der Waals surface area contributed by atoms with E-state index in [4.69, 9.17) is 11.5 Å². The Morgan fingerprint density at radius 1 is 1.14 bits per heavy atom. The molecule has 0 saturated carbocycles. The Hall–Kier alpha value is -3.32. The number of amides is 1. The molecular formula is C22H24N6O. The number of carbonyl (C=O) groups is 1. The van der Waals surface area contributed by atoms with Gasteiger partial charge in [0.15, 0.2) is 0 Å². The molecule has 0 radical (unpaired) electrons. The lowest BCUT2D eigenvalue weighted by atomic mass is 9.89. The molecule has 7 heteroatoms. The summed E-state index contributed by atoms with van der Waals surface area (Å²) in [5.74, 6) is 0.0886. The van der Waals surface area contributed by atoms with Crippen molar-refractivity contribution in [3.8, 4) is 11.1 Å². The lowest BCUT2D eigenvalue weighted by Crippen LogP contribution is -2.34. The normalized spacial score (nSPS) is 17.2. The molecule has 3 heterocycles. The van der Waals surface area contributed by atoms with E-state index in [1.807, 2.05) is 30.5 Å². The van der Waals surface area contributed by atoms with Crippen LogP contribution in [0.25, 0.3) is 11.1 Å². The van der Waals surface area contributed by atoms with E-state index in [2.05, 4.69) is 25.9 Å². The molecule has 1 unspecified atom stereocenters. The first-order valence-electron chi connectivity index (χ1n) is 9.75. The zero-order chi connectivity index (χ0) is 20.2. The third kappa shape index (κ3) is 4.41. The number of primary amides is 1. The second-order valence-electron chi connectivity index (χ2n) is 7.36. The fourth-order valence-corrected chi connectivity index (χ4v) is 3.90. The van der Waals surface area contributed by atoms with Crippen LogP contribution in [0.5, 0.6) is 0 Å². The Morgan fingerprint density at radius 3 is 2.69 bits per heavy atom. The molecule has 1 aromatic carbocycles. The molecule has 1 atom stereocenters. The Bertz CT molecular complexity index is 990. The highest BCUT2D eigenvalue weighted by atomic mass is 16.1. The number of hydrogen-bond acceptors (Lipinski definition) is 6. The number of hydrogen-bond donors (Lipinski definition) is 2. The van der Waals surface area contributed by atoms with E-state index >= 15 is 0 Å². The maximum absolute atomic E-state index is 11.4. The van der Waals surface area contributed by atoms with Crippen LogP contribution in [0.1, 0.15) is 40.5 Å². The minimum absolute atomic E-state index is 0.253. The van der Waals surface area contributed by atoms with E-state index < -0.39 is 5.91 Å². The van der Waals surface area contributed by atoms with Crippen molar-refractivity contribution >= 4 is 11.9 Å². The summed E-state index contributed by atoms with van der Waals surface area (Å²) < 4.78 is 0. The van der Waals surface area contributed by atoms with Crippen molar-refractivity contribution in [2.24, 2.45) is 5.73 Å². The summed E-state index contributed by atoms with van der Waals surface area (Å²) in [7, 11) is 0. The average Bonchev–Trinajstić information content (AvgIpc) is 2.75. The molecule has 3 aromatic rings. The smallest absolute Gasteiger partial charge is 0.248 e. The molecule has 148 valence electrons. The molecule has 0 spiro atoms. The molecule has 4 N–H and O–H groups in total. The lowest BCUT2D eigenvalue weighted by Gasteiger charge is -2.33. The lowest BCUT2D eigenvalue weighted by molar-refractivity contribution is 0.100. The van der Waals surface area contributed by atoms with Gasteiger partial charge in [-0.05, 0) is 49.2 Å². The van der Waals surface area contributed by atoms with Gasteiger partial charge >= 0.3 is 0 Å². The van der Waals surface area contributed by atoms with Crippen molar-refractivity contribution in [1.82, 2.24) is 19.9 Å². The summed E-state index contributed by atoms with van der Waals surface area (Å²) >= 11 is 0. The van der Waals surface area contributed by atoms with E-state index in [9.17, 15) is 4.79 Å². The molecule has 4 rings (SSSR count). The van der Waals surface area contributed by atoms with E-state index in [0.717, 1.165) is 55.0 Å². The molecule has 1 aliphatic heterocycles. The first kappa shape index (κ1) is 19.0. The Balaban J connectivity index is 1.60. The molecule has 1 aliphatic rings. The van der Waals surface area contributed by atoms with E-state index in [-0.39, 0.29) is 11.9 Å². The van der Waals surface area contributed by atoms with Crippen LogP contribution in [0, 0.1) is 0 Å². The average molecular weight is 388 g/mol. The number of rotatable bonds is 5. The fraction of sp³-hybridized carbons (Fsp3) is 0.273. The third-order valence-electron chi connectivity index (χ3n) is 5.32. The Morgan fingerprint density at radius 2 is 1.97 bits per heavy atom. The molecule has 0 bridgehead atoms. The van der Waals surface area contributed by atoms with Gasteiger partial charge in [0.2, 0.25) is 11.9 Å². The maximum Gasteiger partial charge on any atom is 0.248 e. The summed E-state index contributed by atoms with van der Waals surface area (Å²) in [6.07, 6.45) is 5.73. The molecule has 2 aromatic heterocycles. The quantitative estimate of drug-likeness (QED) is 0.695. The SMILES string of the molecule is NC(=O)c1ccc(-c2cnc(N)nc2C2CCCN(Cc3ccccn3)C2)cc1. The van der Waals surface area contributed by atoms with E-state index in [0.29, 0.717) is 5.56 Å². The van der Waals surface area contributed by atoms with Gasteiger partial charge in [-0.15, -0.1) is 0 Å². The van der Waals surface area contributed by atoms with Crippen molar-refractivity contribution in [3.63, 3.8) is 0 Å². The summed E-state index contributed by atoms with van der Waals surface area (Å²) in [6.45, 7) is 2.75. The van der Waals surface area contributed by atoms with Crippen LogP contribution in [0.3, 0.4) is 0 Å². The summed E-state index contributed by atoms with van der Waals surface area (Å²) in [5.41, 5.74) is 15.7. The number of nitrogens with zero attached hydrogens (tertiary/aromatic N) is 4. The third-order valence-corrected chi connectivity index (χ3v) is 5.32. The number of aromatic nitrogens is 3. The number of benzene rings is 1. The minimum Gasteiger partial charge on any atom is -0.368 e. The van der Waals surface area contributed by atoms with Crippen LogP contribution >= 0.6 is 0 Å². The van der Waals surface area contributed by atoms with Gasteiger partial charge in [-0.3, -0.25) is 14.7 Å². The highest BCUT2D eigenvalue weighted by Gasteiger charge is 2.26. The zero-order valence-electron chi connectivity index (χ0n) is 16.2. The summed E-state index contributed by atoms with van der Waals surface area (Å²) in [4.78, 5) is 27.0. The molecular weight excluding hydrogens is 364 g/mol. The first-order chi connectivity index (χ1) is 14.1. The van der Waals surface area contributed by atoms with Crippen LogP contribution in [-0.2, 0) is 6.54 Å². The van der Waals surface area contributed by atoms with Gasteiger partial charge in [0, 0.05) is 42.5 Å². The van der Waals surface area contributed by atoms with E-state index in [1.54, 1.807) is 18.3 Å². The second kappa shape index (κ2) is 8.36. The predicted octanol–water partition coefficient (Wildman–Crippen LogP) is 2.60. The predicted molar refractivity (Wildman–Crippen MR) is 112 cm³/mol. The van der Waals surface area contributed by atoms with Crippen LogP contribution in [0.4, 0.5) is 5.95 Å². The zero-order valence-corrected chi connectivity index (χ0v) is 16.2. The number of carbonyl (C=O) groups excluding carboxylic acids is 1. The van der Waals surface area contributed by atoms with Crippen molar-refractivity contribution in [2.75, 3.05) is 18.8 Å². The van der Waals surface area contributed by atoms with Crippen LogP contribution in [0.2, 0.25) is 0 Å². The fourth-order valence-electron chi connectivity index (χ4n) is 3.90. The van der Waals surface area contributed by atoms with Gasteiger partial charge in [0.25, 0.3) is 0 Å². The van der Waals surface area contributed by atoms with E-state index in [1.165, 1.54) is 0 Å². The highest BCUT2D eigenvalue weighted by molar-refractivity contribution is 5.93. The number of nitrogens with two attached hydrogens (primary N) is 2. The van der Waals surface area contributed by atoms with Gasteiger partial charge in [0.05, 0.1) is 11.4 Å². The number of nitrogen functional groups attached to an aromatic ring is 1. The van der Waals surface area contributed by atoms with Crippen LogP contribution < -0.4 is 11.5 Å². The topological polar surface area (TPSA) is 111 Å². The maximum atomic E-state index is 11.4. The molecule has 1 saturated heterocycles. The van der Waals surface area contributed by atoms with Crippen molar-refractivity contribution in [1.29, 1.82) is 0 Å². The largest absolute Gasteiger partial charge is 0.368 e. The van der Waals surface area contributed by atoms with Gasteiger partial charge < -0.3 is 11.5 Å². The number of piperidine rings is 1. The molecule has 0 aliphatic carbocycles. The standard InChI is InChI=1S/C22H24N6O/c23-21(29)16-8-6-15(7-9-16)19-12-26-22(24)27-20(19)17-4-3-11-28(13-17)14-18-5-1-2-10-25-18/h1-2,5-10,12,17H,3-4,11,13-14H2,(H2,23,29)(H2,24,26,27). The number of likely N-dealkylation sites (tertiary alicyclic amines) is 1. The molecule has 7 nitrogen and oxygen atoms in total. The minimum atomic E-state index is -0.442. The number of pyridine rings is 1. The highest BCUT2D eigenvalue weighted by Crippen LogP contribution is 2.33.